The predicted octanol–water partition coefficient (Wildman–Crippen LogP) is 1.57. The van der Waals surface area contributed by atoms with E-state index in [1.165, 1.54) is 12.1 Å². The van der Waals surface area contributed by atoms with Crippen molar-refractivity contribution >= 4 is 31.8 Å². The van der Waals surface area contributed by atoms with E-state index in [-0.39, 0.29) is 9.80 Å². The molecule has 1 aliphatic rings. The average Bonchev–Trinajstić information content (AvgIpc) is 2.37. The Hall–Kier alpha value is -0.650. The zero-order valence-electron chi connectivity index (χ0n) is 7.07. The van der Waals surface area contributed by atoms with E-state index in [1.807, 2.05) is 0 Å². The van der Waals surface area contributed by atoms with Gasteiger partial charge >= 0.3 is 0 Å². The Balaban J connectivity index is 2.71. The van der Waals surface area contributed by atoms with E-state index in [0.717, 1.165) is 4.47 Å². The third-order valence-electron chi connectivity index (χ3n) is 2.08. The van der Waals surface area contributed by atoms with Gasteiger partial charge in [-0.1, -0.05) is 15.9 Å². The summed E-state index contributed by atoms with van der Waals surface area (Å²) in [6, 6.07) is 4.92. The molecule has 1 heterocycles. The summed E-state index contributed by atoms with van der Waals surface area (Å²) in [7, 11) is -3.42. The number of benzene rings is 1. The molecule has 0 unspecified atom stereocenters. The lowest BCUT2D eigenvalue weighted by Crippen LogP contribution is -2.03. The van der Waals surface area contributed by atoms with Crippen LogP contribution in [0.3, 0.4) is 0 Å². The van der Waals surface area contributed by atoms with Gasteiger partial charge in [0.15, 0.2) is 0 Å². The second-order valence-electron chi connectivity index (χ2n) is 2.95. The molecule has 1 N–H and O–H groups in total. The Morgan fingerprint density at radius 3 is 2.71 bits per heavy atom. The van der Waals surface area contributed by atoms with Gasteiger partial charge in [-0.3, -0.25) is 0 Å². The van der Waals surface area contributed by atoms with Crippen LogP contribution in [0.15, 0.2) is 32.5 Å². The second-order valence-corrected chi connectivity index (χ2v) is 5.84. The standard InChI is InChI=1S/C9H7BrO3S/c10-7-1-2-9-6(3-7)4-8(5-11)14(9,12)13/h1-4,11H,5H2. The average molecular weight is 275 g/mol. The minimum absolute atomic E-state index is 0.0607. The van der Waals surface area contributed by atoms with E-state index < -0.39 is 16.4 Å². The maximum atomic E-state index is 11.7. The minimum atomic E-state index is -3.42. The molecule has 0 atom stereocenters. The van der Waals surface area contributed by atoms with E-state index in [4.69, 9.17) is 5.11 Å². The molecular formula is C9H7BrO3S. The Morgan fingerprint density at radius 1 is 1.36 bits per heavy atom. The van der Waals surface area contributed by atoms with Crippen LogP contribution in [0.5, 0.6) is 0 Å². The van der Waals surface area contributed by atoms with Crippen molar-refractivity contribution in [2.45, 2.75) is 4.90 Å². The molecule has 0 fully saturated rings. The summed E-state index contributed by atoms with van der Waals surface area (Å²) < 4.78 is 24.2. The van der Waals surface area contributed by atoms with Crippen molar-refractivity contribution in [1.82, 2.24) is 0 Å². The molecule has 0 saturated carbocycles. The number of aliphatic hydroxyl groups is 1. The molecule has 0 bridgehead atoms. The fraction of sp³-hybridized carbons (Fsp3) is 0.111. The Labute approximate surface area is 90.1 Å². The molecule has 0 spiro atoms. The van der Waals surface area contributed by atoms with Gasteiger partial charge in [-0.05, 0) is 29.8 Å². The molecule has 0 radical (unpaired) electrons. The van der Waals surface area contributed by atoms with Crippen molar-refractivity contribution < 1.29 is 13.5 Å². The summed E-state index contributed by atoms with van der Waals surface area (Å²) in [5, 5.41) is 8.88. The summed E-state index contributed by atoms with van der Waals surface area (Å²) in [6.45, 7) is -0.450. The van der Waals surface area contributed by atoms with Crippen LogP contribution >= 0.6 is 15.9 Å². The van der Waals surface area contributed by atoms with Crippen molar-refractivity contribution in [2.24, 2.45) is 0 Å². The lowest BCUT2D eigenvalue weighted by molar-refractivity contribution is 0.339. The fourth-order valence-corrected chi connectivity index (χ4v) is 3.19. The summed E-state index contributed by atoms with van der Waals surface area (Å²) >= 11 is 3.26. The van der Waals surface area contributed by atoms with E-state index >= 15 is 0 Å². The van der Waals surface area contributed by atoms with E-state index in [2.05, 4.69) is 15.9 Å². The van der Waals surface area contributed by atoms with E-state index in [9.17, 15) is 8.42 Å². The quantitative estimate of drug-likeness (QED) is 0.846. The number of hydrogen-bond acceptors (Lipinski definition) is 3. The first-order valence-electron chi connectivity index (χ1n) is 3.92. The highest BCUT2D eigenvalue weighted by Crippen LogP contribution is 2.33. The van der Waals surface area contributed by atoms with Gasteiger partial charge in [-0.15, -0.1) is 0 Å². The van der Waals surface area contributed by atoms with Crippen LogP contribution in [-0.2, 0) is 9.84 Å². The van der Waals surface area contributed by atoms with Crippen molar-refractivity contribution in [3.63, 3.8) is 0 Å². The van der Waals surface area contributed by atoms with Crippen LogP contribution in [0.4, 0.5) is 0 Å². The summed E-state index contributed by atoms with van der Waals surface area (Å²) in [4.78, 5) is 0.329. The molecule has 14 heavy (non-hydrogen) atoms. The van der Waals surface area contributed by atoms with Crippen LogP contribution in [0, 0.1) is 0 Å². The molecule has 0 amide bonds. The SMILES string of the molecule is O=S1(=O)C(CO)=Cc2cc(Br)ccc21. The Bertz CT molecular complexity index is 517. The van der Waals surface area contributed by atoms with Crippen LogP contribution in [0.2, 0.25) is 0 Å². The number of hydrogen-bond donors (Lipinski definition) is 1. The van der Waals surface area contributed by atoms with Crippen LogP contribution in [0.1, 0.15) is 5.56 Å². The summed E-state index contributed by atoms with van der Waals surface area (Å²) in [6.07, 6.45) is 1.50. The van der Waals surface area contributed by atoms with Gasteiger partial charge in [0.2, 0.25) is 9.84 Å². The van der Waals surface area contributed by atoms with Crippen LogP contribution < -0.4 is 0 Å². The molecule has 1 aromatic rings. The molecule has 0 aliphatic carbocycles. The number of rotatable bonds is 1. The molecule has 2 rings (SSSR count). The first-order valence-corrected chi connectivity index (χ1v) is 6.19. The molecular weight excluding hydrogens is 268 g/mol. The Morgan fingerprint density at radius 2 is 2.07 bits per heavy atom. The third-order valence-corrected chi connectivity index (χ3v) is 4.46. The maximum Gasteiger partial charge on any atom is 0.205 e. The van der Waals surface area contributed by atoms with Gasteiger partial charge in [0.1, 0.15) is 0 Å². The number of halogens is 1. The molecule has 3 nitrogen and oxygen atoms in total. The van der Waals surface area contributed by atoms with Crippen LogP contribution in [0.25, 0.3) is 6.08 Å². The number of fused-ring (bicyclic) bond motifs is 1. The number of sulfone groups is 1. The molecule has 1 aromatic carbocycles. The number of aliphatic hydroxyl groups excluding tert-OH is 1. The molecule has 74 valence electrons. The topological polar surface area (TPSA) is 54.4 Å². The normalized spacial score (nSPS) is 17.7. The largest absolute Gasteiger partial charge is 0.391 e. The van der Waals surface area contributed by atoms with Gasteiger partial charge in [-0.2, -0.15) is 0 Å². The first-order chi connectivity index (χ1) is 6.55. The molecule has 0 saturated heterocycles. The highest BCUT2D eigenvalue weighted by Gasteiger charge is 2.28. The van der Waals surface area contributed by atoms with Gasteiger partial charge in [0, 0.05) is 4.47 Å². The highest BCUT2D eigenvalue weighted by molar-refractivity contribution is 9.10. The van der Waals surface area contributed by atoms with Gasteiger partial charge in [0.25, 0.3) is 0 Å². The van der Waals surface area contributed by atoms with Gasteiger partial charge in [-0.25, -0.2) is 8.42 Å². The maximum absolute atomic E-state index is 11.7. The molecule has 1 aliphatic heterocycles. The fourth-order valence-electron chi connectivity index (χ4n) is 1.40. The van der Waals surface area contributed by atoms with Crippen molar-refractivity contribution in [3.8, 4) is 0 Å². The Kier molecular flexibility index (Phi) is 2.25. The van der Waals surface area contributed by atoms with Crippen molar-refractivity contribution in [2.75, 3.05) is 6.61 Å². The summed E-state index contributed by atoms with van der Waals surface area (Å²) in [5.41, 5.74) is 0.628. The van der Waals surface area contributed by atoms with Crippen LogP contribution in [-0.4, -0.2) is 20.1 Å². The predicted molar refractivity (Wildman–Crippen MR) is 56.4 cm³/mol. The molecule has 5 heteroatoms. The lowest BCUT2D eigenvalue weighted by atomic mass is 10.2. The lowest BCUT2D eigenvalue weighted by Gasteiger charge is -2.00. The van der Waals surface area contributed by atoms with Crippen molar-refractivity contribution in [1.29, 1.82) is 0 Å². The highest BCUT2D eigenvalue weighted by atomic mass is 79.9. The molecule has 0 aromatic heterocycles. The first kappa shape index (κ1) is 9.89. The van der Waals surface area contributed by atoms with E-state index in [1.54, 1.807) is 12.1 Å². The second kappa shape index (κ2) is 3.18. The smallest absolute Gasteiger partial charge is 0.205 e. The zero-order chi connectivity index (χ0) is 10.3. The van der Waals surface area contributed by atoms with Gasteiger partial charge in [0.05, 0.1) is 16.4 Å². The van der Waals surface area contributed by atoms with Gasteiger partial charge < -0.3 is 5.11 Å². The monoisotopic (exact) mass is 274 g/mol. The zero-order valence-corrected chi connectivity index (χ0v) is 9.47. The van der Waals surface area contributed by atoms with E-state index in [0.29, 0.717) is 5.56 Å². The third kappa shape index (κ3) is 1.32. The van der Waals surface area contributed by atoms with Crippen molar-refractivity contribution in [3.05, 3.63) is 33.1 Å². The summed E-state index contributed by atoms with van der Waals surface area (Å²) in [5.74, 6) is 0. The minimum Gasteiger partial charge on any atom is -0.391 e.